The van der Waals surface area contributed by atoms with Crippen LogP contribution in [-0.4, -0.2) is 23.0 Å². The van der Waals surface area contributed by atoms with Crippen LogP contribution >= 0.6 is 11.3 Å². The van der Waals surface area contributed by atoms with E-state index in [9.17, 15) is 8.42 Å². The molecule has 7 nitrogen and oxygen atoms in total. The quantitative estimate of drug-likeness (QED) is 0.512. The molecule has 0 saturated carbocycles. The molecule has 1 aromatic carbocycles. The summed E-state index contributed by atoms with van der Waals surface area (Å²) in [6.45, 7) is 1.79. The van der Waals surface area contributed by atoms with Crippen LogP contribution in [0.15, 0.2) is 76.6 Å². The predicted octanol–water partition coefficient (Wildman–Crippen LogP) is 4.23. The van der Waals surface area contributed by atoms with E-state index < -0.39 is 10.0 Å². The predicted molar refractivity (Wildman–Crippen MR) is 108 cm³/mol. The van der Waals surface area contributed by atoms with Crippen molar-refractivity contribution in [3.05, 3.63) is 78.2 Å². The third-order valence-corrected chi connectivity index (χ3v) is 6.54. The second kappa shape index (κ2) is 7.45. The van der Waals surface area contributed by atoms with Gasteiger partial charge in [-0.3, -0.25) is 4.72 Å². The van der Waals surface area contributed by atoms with Gasteiger partial charge in [0, 0.05) is 24.1 Å². The van der Waals surface area contributed by atoms with Crippen molar-refractivity contribution >= 4 is 27.0 Å². The van der Waals surface area contributed by atoms with Crippen molar-refractivity contribution in [2.24, 2.45) is 0 Å². The second-order valence-electron chi connectivity index (χ2n) is 5.87. The fourth-order valence-electron chi connectivity index (χ4n) is 2.53. The summed E-state index contributed by atoms with van der Waals surface area (Å²) in [7, 11) is -3.57. The van der Waals surface area contributed by atoms with Gasteiger partial charge in [0.1, 0.15) is 21.6 Å². The van der Waals surface area contributed by atoms with Crippen LogP contribution in [0.4, 0.5) is 5.69 Å². The van der Waals surface area contributed by atoms with Crippen LogP contribution in [0.3, 0.4) is 0 Å². The number of hydrogen-bond acceptors (Lipinski definition) is 6. The fourth-order valence-corrected chi connectivity index (χ4v) is 4.58. The van der Waals surface area contributed by atoms with E-state index in [1.165, 1.54) is 0 Å². The molecule has 0 fully saturated rings. The molecule has 0 bridgehead atoms. The summed E-state index contributed by atoms with van der Waals surface area (Å²) in [6, 6.07) is 15.5. The zero-order valence-electron chi connectivity index (χ0n) is 14.8. The highest BCUT2D eigenvalue weighted by Gasteiger charge is 2.15. The molecule has 4 rings (SSSR count). The van der Waals surface area contributed by atoms with E-state index in [1.54, 1.807) is 54.8 Å². The Morgan fingerprint density at radius 3 is 2.46 bits per heavy atom. The third-order valence-electron chi connectivity index (χ3n) is 3.76. The van der Waals surface area contributed by atoms with Crippen molar-refractivity contribution in [1.29, 1.82) is 0 Å². The van der Waals surface area contributed by atoms with Gasteiger partial charge in [0.05, 0.1) is 0 Å². The molecule has 0 spiro atoms. The first-order valence-corrected chi connectivity index (χ1v) is 10.7. The second-order valence-corrected chi connectivity index (χ2v) is 8.72. The largest absolute Gasteiger partial charge is 0.439 e. The minimum Gasteiger partial charge on any atom is -0.439 e. The van der Waals surface area contributed by atoms with Crippen molar-refractivity contribution in [2.45, 2.75) is 11.1 Å². The van der Waals surface area contributed by atoms with Gasteiger partial charge in [0.25, 0.3) is 10.0 Å². The lowest BCUT2D eigenvalue weighted by Crippen LogP contribution is -2.11. The van der Waals surface area contributed by atoms with Crippen LogP contribution in [-0.2, 0) is 10.0 Å². The summed E-state index contributed by atoms with van der Waals surface area (Å²) in [5.74, 6) is 2.23. The van der Waals surface area contributed by atoms with Crippen molar-refractivity contribution in [3.8, 4) is 17.4 Å². The Hall–Kier alpha value is -3.17. The number of nitrogens with zero attached hydrogens (tertiary/aromatic N) is 3. The maximum absolute atomic E-state index is 12.3. The Morgan fingerprint density at radius 1 is 1.04 bits per heavy atom. The van der Waals surface area contributed by atoms with Crippen LogP contribution in [0.1, 0.15) is 5.82 Å². The Morgan fingerprint density at radius 2 is 1.79 bits per heavy atom. The van der Waals surface area contributed by atoms with Gasteiger partial charge in [-0.1, -0.05) is 6.07 Å². The average Bonchev–Trinajstić information content (AvgIpc) is 3.37. The lowest BCUT2D eigenvalue weighted by Gasteiger charge is -2.10. The molecule has 142 valence electrons. The highest BCUT2D eigenvalue weighted by molar-refractivity contribution is 7.94. The molecule has 3 aromatic heterocycles. The molecule has 0 atom stereocenters. The first kappa shape index (κ1) is 18.2. The van der Waals surface area contributed by atoms with Crippen LogP contribution in [0.25, 0.3) is 5.82 Å². The molecule has 28 heavy (non-hydrogen) atoms. The Balaban J connectivity index is 1.51. The molecule has 0 amide bonds. The smallest absolute Gasteiger partial charge is 0.271 e. The van der Waals surface area contributed by atoms with Crippen LogP contribution in [0.2, 0.25) is 0 Å². The summed E-state index contributed by atoms with van der Waals surface area (Å²) in [5, 5.41) is 1.72. The number of aromatic nitrogens is 3. The van der Waals surface area contributed by atoms with Crippen molar-refractivity contribution < 1.29 is 13.2 Å². The number of nitrogens with one attached hydrogen (secondary N) is 1. The molecule has 3 heterocycles. The standard InChI is InChI=1S/C19H16N4O3S2/c1-14-20-17(23-10-2-3-11-23)13-18(21-14)26-16-8-6-15(7-9-16)22-28(24,25)19-5-4-12-27-19/h2-13,22H,1H3. The summed E-state index contributed by atoms with van der Waals surface area (Å²) in [6.07, 6.45) is 3.78. The fraction of sp³-hybridized carbons (Fsp3) is 0.0526. The van der Waals surface area contributed by atoms with Crippen molar-refractivity contribution in [1.82, 2.24) is 14.5 Å². The van der Waals surface area contributed by atoms with Crippen LogP contribution in [0, 0.1) is 6.92 Å². The van der Waals surface area contributed by atoms with E-state index >= 15 is 0 Å². The summed E-state index contributed by atoms with van der Waals surface area (Å²) in [4.78, 5) is 8.69. The monoisotopic (exact) mass is 412 g/mol. The number of ether oxygens (including phenoxy) is 1. The van der Waals surface area contributed by atoms with E-state index in [2.05, 4.69) is 14.7 Å². The van der Waals surface area contributed by atoms with E-state index in [1.807, 2.05) is 29.1 Å². The van der Waals surface area contributed by atoms with Gasteiger partial charge in [-0.2, -0.15) is 4.98 Å². The Labute approximate surface area is 166 Å². The van der Waals surface area contributed by atoms with Gasteiger partial charge in [0.15, 0.2) is 0 Å². The molecule has 0 unspecified atom stereocenters. The maximum Gasteiger partial charge on any atom is 0.271 e. The molecule has 0 saturated heterocycles. The van der Waals surface area contributed by atoms with Crippen molar-refractivity contribution in [3.63, 3.8) is 0 Å². The first-order chi connectivity index (χ1) is 13.5. The highest BCUT2D eigenvalue weighted by Crippen LogP contribution is 2.25. The molecule has 0 aliphatic rings. The molecule has 9 heteroatoms. The average molecular weight is 412 g/mol. The van der Waals surface area contributed by atoms with Crippen LogP contribution in [0.5, 0.6) is 11.6 Å². The summed E-state index contributed by atoms with van der Waals surface area (Å²) >= 11 is 1.16. The minimum absolute atomic E-state index is 0.266. The van der Waals surface area contributed by atoms with Gasteiger partial charge >= 0.3 is 0 Å². The number of thiophene rings is 1. The van der Waals surface area contributed by atoms with Crippen molar-refractivity contribution in [2.75, 3.05) is 4.72 Å². The van der Waals surface area contributed by atoms with Gasteiger partial charge in [0.2, 0.25) is 5.88 Å². The molecule has 0 radical (unpaired) electrons. The molecule has 4 aromatic rings. The van der Waals surface area contributed by atoms with Gasteiger partial charge in [-0.05, 0) is 54.8 Å². The van der Waals surface area contributed by atoms with Crippen LogP contribution < -0.4 is 9.46 Å². The number of hydrogen-bond donors (Lipinski definition) is 1. The maximum atomic E-state index is 12.3. The van der Waals surface area contributed by atoms with Gasteiger partial charge < -0.3 is 9.30 Å². The zero-order valence-corrected chi connectivity index (χ0v) is 16.4. The Kier molecular flexibility index (Phi) is 4.84. The topological polar surface area (TPSA) is 86.1 Å². The molecular formula is C19H16N4O3S2. The summed E-state index contributed by atoms with van der Waals surface area (Å²) < 4.78 is 35.0. The number of anilines is 1. The zero-order chi connectivity index (χ0) is 19.6. The lowest BCUT2D eigenvalue weighted by atomic mass is 10.3. The number of sulfonamides is 1. The lowest BCUT2D eigenvalue weighted by molar-refractivity contribution is 0.459. The highest BCUT2D eigenvalue weighted by atomic mass is 32.2. The van der Waals surface area contributed by atoms with E-state index in [4.69, 9.17) is 4.74 Å². The number of aryl methyl sites for hydroxylation is 1. The number of rotatable bonds is 6. The van der Waals surface area contributed by atoms with E-state index in [-0.39, 0.29) is 4.21 Å². The van der Waals surface area contributed by atoms with Gasteiger partial charge in [-0.15, -0.1) is 11.3 Å². The first-order valence-electron chi connectivity index (χ1n) is 8.33. The number of benzene rings is 1. The summed E-state index contributed by atoms with van der Waals surface area (Å²) in [5.41, 5.74) is 0.452. The normalized spacial score (nSPS) is 11.3. The minimum atomic E-state index is -3.57. The Bertz CT molecular complexity index is 1170. The van der Waals surface area contributed by atoms with Gasteiger partial charge in [-0.25, -0.2) is 13.4 Å². The molecule has 0 aliphatic heterocycles. The molecule has 0 aliphatic carbocycles. The molecule has 1 N–H and O–H groups in total. The van der Waals surface area contributed by atoms with E-state index in [0.29, 0.717) is 29.0 Å². The molecular weight excluding hydrogens is 396 g/mol. The third kappa shape index (κ3) is 4.05. The van der Waals surface area contributed by atoms with E-state index in [0.717, 1.165) is 11.3 Å². The SMILES string of the molecule is Cc1nc(Oc2ccc(NS(=O)(=O)c3cccs3)cc2)cc(-n2cccc2)n1.